The maximum atomic E-state index is 2.67. The van der Waals surface area contributed by atoms with Crippen LogP contribution in [0.1, 0.15) is 95.2 Å². The van der Waals surface area contributed by atoms with Crippen LogP contribution in [0.4, 0.5) is 5.69 Å². The molecule has 2 nitrogen and oxygen atoms in total. The number of fused-ring (bicyclic) bond motifs is 1. The van der Waals surface area contributed by atoms with E-state index in [4.69, 9.17) is 0 Å². The Morgan fingerprint density at radius 1 is 0.786 bits per heavy atom. The van der Waals surface area contributed by atoms with E-state index in [0.717, 1.165) is 6.42 Å². The molecular formula is C26H44N2. The van der Waals surface area contributed by atoms with Crippen molar-refractivity contribution in [2.75, 3.05) is 4.90 Å². The van der Waals surface area contributed by atoms with Crippen LogP contribution in [0.15, 0.2) is 30.5 Å². The predicted molar refractivity (Wildman–Crippen MR) is 126 cm³/mol. The average Bonchev–Trinajstić information content (AvgIpc) is 2.85. The van der Waals surface area contributed by atoms with Crippen molar-refractivity contribution >= 4 is 11.2 Å². The first-order chi connectivity index (χ1) is 12.4. The molecule has 2 heteroatoms. The van der Waals surface area contributed by atoms with Gasteiger partial charge in [0.15, 0.2) is 0 Å². The topological polar surface area (TPSA) is 7.65 Å². The minimum Gasteiger partial charge on any atom is -0.362 e. The second-order valence-electron chi connectivity index (χ2n) is 12.8. The summed E-state index contributed by atoms with van der Waals surface area (Å²) in [6.45, 7) is 28.2. The normalized spacial score (nSPS) is 15.1. The molecule has 0 saturated heterocycles. The molecule has 0 radical (unpaired) electrons. The summed E-state index contributed by atoms with van der Waals surface area (Å²) in [5.74, 6) is 0. The Balaban J connectivity index is 2.68. The molecule has 0 bridgehead atoms. The minimum atomic E-state index is 0.0337. The second kappa shape index (κ2) is 7.11. The fourth-order valence-electron chi connectivity index (χ4n) is 4.24. The molecule has 2 aromatic rings. The summed E-state index contributed by atoms with van der Waals surface area (Å²) in [7, 11) is 0. The molecule has 0 aliphatic rings. The maximum Gasteiger partial charge on any atom is 0.0543 e. The Morgan fingerprint density at radius 3 is 1.75 bits per heavy atom. The van der Waals surface area contributed by atoms with Crippen LogP contribution >= 0.6 is 0 Å². The Hall–Kier alpha value is -1.44. The van der Waals surface area contributed by atoms with E-state index in [9.17, 15) is 0 Å². The van der Waals surface area contributed by atoms with Crippen molar-refractivity contribution < 1.29 is 0 Å². The van der Waals surface area contributed by atoms with Gasteiger partial charge in [0, 0.05) is 34.4 Å². The summed E-state index contributed by atoms with van der Waals surface area (Å²) in [5.41, 5.74) is 4.55. The number of hydrogen-bond acceptors (Lipinski definition) is 1. The molecule has 2 aromatic heterocycles. The highest BCUT2D eigenvalue weighted by molar-refractivity contribution is 5.59. The first-order valence-electron chi connectivity index (χ1n) is 10.8. The molecule has 0 amide bonds. The van der Waals surface area contributed by atoms with Crippen LogP contribution in [0, 0.1) is 10.8 Å². The standard InChI is InChI=1S/C26H44N2/c1-23(2,3)17-22(25(7,8)9)28(26(10,11)12)20-14-13-19-15-16-21(24(4,5)6)27(19)18-20/h13-16,18,22H,17H2,1-12H3. The number of anilines is 1. The van der Waals surface area contributed by atoms with Gasteiger partial charge in [0.2, 0.25) is 0 Å². The van der Waals surface area contributed by atoms with E-state index in [1.165, 1.54) is 16.9 Å². The largest absolute Gasteiger partial charge is 0.362 e. The average molecular weight is 385 g/mol. The van der Waals surface area contributed by atoms with Gasteiger partial charge in [-0.1, -0.05) is 62.3 Å². The van der Waals surface area contributed by atoms with Gasteiger partial charge in [-0.3, -0.25) is 0 Å². The van der Waals surface area contributed by atoms with E-state index < -0.39 is 0 Å². The number of hydrogen-bond donors (Lipinski definition) is 0. The highest BCUT2D eigenvalue weighted by Gasteiger charge is 2.39. The van der Waals surface area contributed by atoms with Crippen LogP contribution in [-0.2, 0) is 5.41 Å². The lowest BCUT2D eigenvalue weighted by atomic mass is 9.74. The third-order valence-corrected chi connectivity index (χ3v) is 5.52. The maximum absolute atomic E-state index is 2.67. The summed E-state index contributed by atoms with van der Waals surface area (Å²) in [6, 6.07) is 9.55. The number of rotatable bonds is 3. The van der Waals surface area contributed by atoms with Crippen LogP contribution < -0.4 is 4.90 Å². The SMILES string of the molecule is CC(C)(C)CC(N(c1ccc2ccc(C(C)(C)C)n2c1)C(C)(C)C)C(C)(C)C. The molecule has 2 heterocycles. The van der Waals surface area contributed by atoms with Crippen LogP contribution in [0.5, 0.6) is 0 Å². The third kappa shape index (κ3) is 5.13. The number of aromatic nitrogens is 1. The van der Waals surface area contributed by atoms with E-state index in [1.54, 1.807) is 0 Å². The molecule has 1 unspecified atom stereocenters. The number of nitrogens with zero attached hydrogens (tertiary/aromatic N) is 2. The minimum absolute atomic E-state index is 0.0337. The molecule has 0 fully saturated rings. The second-order valence-corrected chi connectivity index (χ2v) is 12.8. The van der Waals surface area contributed by atoms with Crippen molar-refractivity contribution in [2.24, 2.45) is 10.8 Å². The Labute approximate surface area is 174 Å². The molecule has 0 aliphatic heterocycles. The molecule has 0 N–H and O–H groups in total. The van der Waals surface area contributed by atoms with Crippen LogP contribution in [0.25, 0.3) is 5.52 Å². The van der Waals surface area contributed by atoms with Gasteiger partial charge in [0.1, 0.15) is 0 Å². The number of pyridine rings is 1. The zero-order valence-corrected chi connectivity index (χ0v) is 20.6. The van der Waals surface area contributed by atoms with Gasteiger partial charge in [-0.2, -0.15) is 0 Å². The summed E-state index contributed by atoms with van der Waals surface area (Å²) in [4.78, 5) is 2.67. The highest BCUT2D eigenvalue weighted by atomic mass is 15.2. The van der Waals surface area contributed by atoms with E-state index in [1.807, 2.05) is 0 Å². The Kier molecular flexibility index (Phi) is 5.80. The van der Waals surface area contributed by atoms with Crippen LogP contribution in [0.3, 0.4) is 0 Å². The monoisotopic (exact) mass is 384 g/mol. The van der Waals surface area contributed by atoms with E-state index in [-0.39, 0.29) is 21.8 Å². The molecule has 28 heavy (non-hydrogen) atoms. The van der Waals surface area contributed by atoms with Gasteiger partial charge < -0.3 is 9.30 Å². The third-order valence-electron chi connectivity index (χ3n) is 5.52. The highest BCUT2D eigenvalue weighted by Crippen LogP contribution is 2.40. The van der Waals surface area contributed by atoms with Gasteiger partial charge in [-0.05, 0) is 62.3 Å². The smallest absolute Gasteiger partial charge is 0.0543 e. The lowest BCUT2D eigenvalue weighted by Gasteiger charge is -2.51. The van der Waals surface area contributed by atoms with Gasteiger partial charge in [-0.15, -0.1) is 0 Å². The fraction of sp³-hybridized carbons (Fsp3) is 0.692. The predicted octanol–water partition coefficient (Wildman–Crippen LogP) is 7.69. The molecule has 2 rings (SSSR count). The van der Waals surface area contributed by atoms with Crippen LogP contribution in [-0.4, -0.2) is 16.0 Å². The lowest BCUT2D eigenvalue weighted by molar-refractivity contribution is 0.198. The lowest BCUT2D eigenvalue weighted by Crippen LogP contribution is -2.55. The summed E-state index contributed by atoms with van der Waals surface area (Å²) in [6.07, 6.45) is 3.52. The van der Waals surface area contributed by atoms with Gasteiger partial charge >= 0.3 is 0 Å². The van der Waals surface area contributed by atoms with Crippen molar-refractivity contribution in [3.05, 3.63) is 36.2 Å². The zero-order valence-electron chi connectivity index (χ0n) is 20.6. The fourth-order valence-corrected chi connectivity index (χ4v) is 4.24. The van der Waals surface area contributed by atoms with Crippen molar-refractivity contribution in [3.63, 3.8) is 0 Å². The first-order valence-corrected chi connectivity index (χ1v) is 10.8. The van der Waals surface area contributed by atoms with Gasteiger partial charge in [-0.25, -0.2) is 0 Å². The van der Waals surface area contributed by atoms with Crippen molar-refractivity contribution in [1.29, 1.82) is 0 Å². The molecule has 0 saturated carbocycles. The first kappa shape index (κ1) is 22.8. The van der Waals surface area contributed by atoms with Crippen molar-refractivity contribution in [3.8, 4) is 0 Å². The summed E-state index contributed by atoms with van der Waals surface area (Å²) >= 11 is 0. The molecule has 0 aliphatic carbocycles. The van der Waals surface area contributed by atoms with Gasteiger partial charge in [0.25, 0.3) is 0 Å². The molecule has 0 aromatic carbocycles. The summed E-state index contributed by atoms with van der Waals surface area (Å²) in [5, 5.41) is 0. The quantitative estimate of drug-likeness (QED) is 0.526. The van der Waals surface area contributed by atoms with E-state index in [2.05, 4.69) is 123 Å². The molecule has 158 valence electrons. The van der Waals surface area contributed by atoms with Crippen molar-refractivity contribution in [2.45, 2.75) is 107 Å². The van der Waals surface area contributed by atoms with Crippen LogP contribution in [0.2, 0.25) is 0 Å². The molecule has 0 spiro atoms. The van der Waals surface area contributed by atoms with E-state index in [0.29, 0.717) is 6.04 Å². The van der Waals surface area contributed by atoms with Gasteiger partial charge in [0.05, 0.1) is 5.69 Å². The molecule has 1 atom stereocenters. The Morgan fingerprint density at radius 2 is 1.32 bits per heavy atom. The zero-order chi connectivity index (χ0) is 21.7. The Bertz CT molecular complexity index is 798. The summed E-state index contributed by atoms with van der Waals surface area (Å²) < 4.78 is 2.39. The molecular weight excluding hydrogens is 340 g/mol. The van der Waals surface area contributed by atoms with E-state index >= 15 is 0 Å². The van der Waals surface area contributed by atoms with Crippen molar-refractivity contribution in [1.82, 2.24) is 4.40 Å².